The van der Waals surface area contributed by atoms with Gasteiger partial charge in [0.25, 0.3) is 0 Å². The zero-order valence-electron chi connectivity index (χ0n) is 13.4. The van der Waals surface area contributed by atoms with E-state index in [1.165, 1.54) is 64.5 Å². The molecule has 1 aliphatic heterocycles. The second kappa shape index (κ2) is 7.44. The number of hydrogen-bond donors (Lipinski definition) is 1. The predicted octanol–water partition coefficient (Wildman–Crippen LogP) is 3.34. The molecule has 1 heterocycles. The van der Waals surface area contributed by atoms with E-state index in [0.29, 0.717) is 5.92 Å². The number of nitrogens with one attached hydrogen (secondary N) is 1. The number of hydrogen-bond acceptors (Lipinski definition) is 2. The molecule has 0 unspecified atom stereocenters. The molecule has 1 saturated heterocycles. The van der Waals surface area contributed by atoms with Crippen LogP contribution in [0.3, 0.4) is 0 Å². The van der Waals surface area contributed by atoms with E-state index >= 15 is 0 Å². The first-order valence-electron chi connectivity index (χ1n) is 8.60. The fraction of sp³-hybridized carbons (Fsp3) is 0.941. The third-order valence-corrected chi connectivity index (χ3v) is 5.13. The van der Waals surface area contributed by atoms with Crippen LogP contribution >= 0.6 is 0 Å². The van der Waals surface area contributed by atoms with Crippen LogP contribution in [0.1, 0.15) is 71.6 Å². The van der Waals surface area contributed by atoms with Gasteiger partial charge in [0, 0.05) is 18.5 Å². The van der Waals surface area contributed by atoms with Crippen LogP contribution in [0, 0.1) is 5.92 Å². The van der Waals surface area contributed by atoms with Crippen molar-refractivity contribution in [2.45, 2.75) is 77.2 Å². The lowest BCUT2D eigenvalue weighted by molar-refractivity contribution is -0.122. The Morgan fingerprint density at radius 2 is 1.65 bits per heavy atom. The summed E-state index contributed by atoms with van der Waals surface area (Å²) in [4.78, 5) is 14.7. The van der Waals surface area contributed by atoms with E-state index in [1.54, 1.807) is 0 Å². The molecule has 20 heavy (non-hydrogen) atoms. The van der Waals surface area contributed by atoms with Crippen molar-refractivity contribution in [1.29, 1.82) is 0 Å². The Morgan fingerprint density at radius 3 is 2.30 bits per heavy atom. The molecule has 0 atom stereocenters. The normalized spacial score (nSPS) is 22.7. The third kappa shape index (κ3) is 4.76. The molecule has 2 fully saturated rings. The van der Waals surface area contributed by atoms with E-state index in [2.05, 4.69) is 24.1 Å². The summed E-state index contributed by atoms with van der Waals surface area (Å²) in [7, 11) is 0. The van der Waals surface area contributed by atoms with Crippen molar-refractivity contribution in [3.05, 3.63) is 0 Å². The van der Waals surface area contributed by atoms with E-state index in [1.807, 2.05) is 0 Å². The lowest BCUT2D eigenvalue weighted by Gasteiger charge is -2.41. The van der Waals surface area contributed by atoms with Crippen molar-refractivity contribution in [3.8, 4) is 0 Å². The second-order valence-corrected chi connectivity index (χ2v) is 7.35. The third-order valence-electron chi connectivity index (χ3n) is 5.13. The number of carbonyl (C=O) groups is 1. The van der Waals surface area contributed by atoms with Gasteiger partial charge in [0.05, 0.1) is 0 Å². The SMILES string of the molecule is CC(C)(CNC(=O)CC1CCCCC1)N1CCCCC1. The Labute approximate surface area is 124 Å². The topological polar surface area (TPSA) is 32.3 Å². The first kappa shape index (κ1) is 15.8. The highest BCUT2D eigenvalue weighted by Gasteiger charge is 2.28. The largest absolute Gasteiger partial charge is 0.354 e. The van der Waals surface area contributed by atoms with Gasteiger partial charge in [-0.1, -0.05) is 25.7 Å². The van der Waals surface area contributed by atoms with E-state index < -0.39 is 0 Å². The van der Waals surface area contributed by atoms with Gasteiger partial charge in [-0.15, -0.1) is 0 Å². The summed E-state index contributed by atoms with van der Waals surface area (Å²) in [5.41, 5.74) is 0.0998. The first-order chi connectivity index (χ1) is 9.58. The van der Waals surface area contributed by atoms with Gasteiger partial charge < -0.3 is 5.32 Å². The monoisotopic (exact) mass is 280 g/mol. The Hall–Kier alpha value is -0.570. The van der Waals surface area contributed by atoms with Crippen molar-refractivity contribution in [3.63, 3.8) is 0 Å². The molecule has 0 aromatic rings. The van der Waals surface area contributed by atoms with Crippen molar-refractivity contribution < 1.29 is 4.79 Å². The van der Waals surface area contributed by atoms with Gasteiger partial charge in [-0.05, 0) is 58.5 Å². The Bertz CT molecular complexity index is 302. The van der Waals surface area contributed by atoms with Crippen molar-refractivity contribution in [2.24, 2.45) is 5.92 Å². The van der Waals surface area contributed by atoms with Gasteiger partial charge in [0.1, 0.15) is 0 Å². The van der Waals surface area contributed by atoms with Crippen molar-refractivity contribution in [2.75, 3.05) is 19.6 Å². The van der Waals surface area contributed by atoms with Crippen LogP contribution in [-0.4, -0.2) is 36.0 Å². The summed E-state index contributed by atoms with van der Waals surface area (Å²) in [5.74, 6) is 0.906. The predicted molar refractivity (Wildman–Crippen MR) is 83.7 cm³/mol. The maximum Gasteiger partial charge on any atom is 0.220 e. The molecule has 116 valence electrons. The molecule has 1 saturated carbocycles. The highest BCUT2D eigenvalue weighted by atomic mass is 16.1. The summed E-state index contributed by atoms with van der Waals surface area (Å²) >= 11 is 0. The molecule has 1 N–H and O–H groups in total. The van der Waals surface area contributed by atoms with E-state index in [0.717, 1.165) is 13.0 Å². The van der Waals surface area contributed by atoms with Gasteiger partial charge in [-0.25, -0.2) is 0 Å². The van der Waals surface area contributed by atoms with E-state index in [-0.39, 0.29) is 11.4 Å². The van der Waals surface area contributed by atoms with Gasteiger partial charge in [-0.3, -0.25) is 9.69 Å². The maximum absolute atomic E-state index is 12.1. The summed E-state index contributed by atoms with van der Waals surface area (Å²) in [6.45, 7) is 7.69. The number of carbonyl (C=O) groups excluding carboxylic acids is 1. The standard InChI is InChI=1S/C17H32N2O/c1-17(2,19-11-7-4-8-12-19)14-18-16(20)13-15-9-5-3-6-10-15/h15H,3-14H2,1-2H3,(H,18,20). The summed E-state index contributed by atoms with van der Waals surface area (Å²) in [5, 5.41) is 3.19. The van der Waals surface area contributed by atoms with Crippen LogP contribution in [0.25, 0.3) is 0 Å². The number of amides is 1. The van der Waals surface area contributed by atoms with Gasteiger partial charge in [-0.2, -0.15) is 0 Å². The summed E-state index contributed by atoms with van der Waals surface area (Å²) < 4.78 is 0. The molecule has 0 aromatic carbocycles. The average Bonchev–Trinajstić information content (AvgIpc) is 2.47. The van der Waals surface area contributed by atoms with Crippen LogP contribution in [0.5, 0.6) is 0 Å². The molecule has 3 nitrogen and oxygen atoms in total. The van der Waals surface area contributed by atoms with Gasteiger partial charge >= 0.3 is 0 Å². The Kier molecular flexibility index (Phi) is 5.88. The molecule has 0 aromatic heterocycles. The lowest BCUT2D eigenvalue weighted by atomic mass is 9.87. The van der Waals surface area contributed by atoms with Crippen molar-refractivity contribution >= 4 is 5.91 Å². The molecule has 2 rings (SSSR count). The minimum absolute atomic E-state index is 0.0998. The maximum atomic E-state index is 12.1. The quantitative estimate of drug-likeness (QED) is 0.837. The van der Waals surface area contributed by atoms with Crippen LogP contribution in [-0.2, 0) is 4.79 Å². The first-order valence-corrected chi connectivity index (χ1v) is 8.60. The van der Waals surface area contributed by atoms with E-state index in [4.69, 9.17) is 0 Å². The minimum atomic E-state index is 0.0998. The second-order valence-electron chi connectivity index (χ2n) is 7.35. The Morgan fingerprint density at radius 1 is 1.05 bits per heavy atom. The fourth-order valence-electron chi connectivity index (χ4n) is 3.65. The van der Waals surface area contributed by atoms with Crippen LogP contribution in [0.4, 0.5) is 0 Å². The molecule has 0 spiro atoms. The van der Waals surface area contributed by atoms with Crippen LogP contribution < -0.4 is 5.32 Å². The minimum Gasteiger partial charge on any atom is -0.354 e. The van der Waals surface area contributed by atoms with Crippen LogP contribution in [0.2, 0.25) is 0 Å². The number of piperidine rings is 1. The number of likely N-dealkylation sites (tertiary alicyclic amines) is 1. The molecule has 0 bridgehead atoms. The Balaban J connectivity index is 1.70. The van der Waals surface area contributed by atoms with Crippen molar-refractivity contribution in [1.82, 2.24) is 10.2 Å². The van der Waals surface area contributed by atoms with E-state index in [9.17, 15) is 4.79 Å². The average molecular weight is 280 g/mol. The molecular formula is C17H32N2O. The molecule has 1 amide bonds. The number of rotatable bonds is 5. The molecule has 3 heteroatoms. The number of nitrogens with zero attached hydrogens (tertiary/aromatic N) is 1. The molecule has 0 radical (unpaired) electrons. The summed E-state index contributed by atoms with van der Waals surface area (Å²) in [6, 6.07) is 0. The highest BCUT2D eigenvalue weighted by Crippen LogP contribution is 2.26. The molecular weight excluding hydrogens is 248 g/mol. The zero-order chi connectivity index (χ0) is 14.4. The lowest BCUT2D eigenvalue weighted by Crippen LogP contribution is -2.53. The van der Waals surface area contributed by atoms with Gasteiger partial charge in [0.15, 0.2) is 0 Å². The molecule has 2 aliphatic rings. The fourth-order valence-corrected chi connectivity index (χ4v) is 3.65. The summed E-state index contributed by atoms with van der Waals surface area (Å²) in [6.07, 6.45) is 11.2. The smallest absolute Gasteiger partial charge is 0.220 e. The van der Waals surface area contributed by atoms with Crippen LogP contribution in [0.15, 0.2) is 0 Å². The molecule has 1 aliphatic carbocycles. The zero-order valence-corrected chi connectivity index (χ0v) is 13.4. The highest BCUT2D eigenvalue weighted by molar-refractivity contribution is 5.76. The van der Waals surface area contributed by atoms with Gasteiger partial charge in [0.2, 0.25) is 5.91 Å².